The van der Waals surface area contributed by atoms with Gasteiger partial charge in [-0.05, 0) is 45.8 Å². The molecule has 0 aromatic heterocycles. The highest BCUT2D eigenvalue weighted by molar-refractivity contribution is 9.11. The summed E-state index contributed by atoms with van der Waals surface area (Å²) in [5.41, 5.74) is 1.40. The first kappa shape index (κ1) is 14.5. The fourth-order valence-electron chi connectivity index (χ4n) is 1.67. The fourth-order valence-corrected chi connectivity index (χ4v) is 3.10. The van der Waals surface area contributed by atoms with Gasteiger partial charge in [0.25, 0.3) is 0 Å². The van der Waals surface area contributed by atoms with Crippen LogP contribution in [0.2, 0.25) is 0 Å². The molecule has 0 saturated carbocycles. The monoisotopic (exact) mass is 388 g/mol. The van der Waals surface area contributed by atoms with E-state index in [0.29, 0.717) is 11.3 Å². The van der Waals surface area contributed by atoms with Gasteiger partial charge in [-0.1, -0.05) is 28.1 Å². The van der Waals surface area contributed by atoms with Gasteiger partial charge in [0, 0.05) is 10.0 Å². The molecule has 0 aliphatic rings. The van der Waals surface area contributed by atoms with Crippen LogP contribution in [0.1, 0.15) is 11.1 Å². The van der Waals surface area contributed by atoms with Crippen molar-refractivity contribution in [3.8, 4) is 5.75 Å². The Hall–Kier alpha value is -0.910. The van der Waals surface area contributed by atoms with Crippen LogP contribution in [0.15, 0.2) is 45.3 Å². The van der Waals surface area contributed by atoms with Gasteiger partial charge in [-0.15, -0.1) is 0 Å². The molecule has 0 bridgehead atoms. The summed E-state index contributed by atoms with van der Waals surface area (Å²) in [5, 5.41) is 9.33. The van der Waals surface area contributed by atoms with E-state index >= 15 is 0 Å². The van der Waals surface area contributed by atoms with Crippen molar-refractivity contribution in [1.82, 2.24) is 0 Å². The van der Waals surface area contributed by atoms with E-state index in [1.807, 2.05) is 6.07 Å². The van der Waals surface area contributed by atoms with Gasteiger partial charge in [0.05, 0.1) is 11.1 Å². The third-order valence-corrected chi connectivity index (χ3v) is 3.57. The molecule has 2 aromatic rings. The first-order valence-corrected chi connectivity index (χ1v) is 7.15. The van der Waals surface area contributed by atoms with Crippen LogP contribution in [0, 0.1) is 5.82 Å². The molecule has 2 nitrogen and oxygen atoms in total. The lowest BCUT2D eigenvalue weighted by molar-refractivity contribution is 0.258. The number of aliphatic hydroxyl groups is 1. The lowest BCUT2D eigenvalue weighted by Gasteiger charge is -2.13. The molecule has 0 heterocycles. The number of benzene rings is 2. The lowest BCUT2D eigenvalue weighted by atomic mass is 10.2. The summed E-state index contributed by atoms with van der Waals surface area (Å²) in [5.74, 6) is 0.272. The molecule has 100 valence electrons. The highest BCUT2D eigenvalue weighted by Crippen LogP contribution is 2.33. The summed E-state index contributed by atoms with van der Waals surface area (Å²) >= 11 is 6.73. The highest BCUT2D eigenvalue weighted by Gasteiger charge is 2.10. The Morgan fingerprint density at radius 1 is 1.16 bits per heavy atom. The fraction of sp³-hybridized carbons (Fsp3) is 0.143. The van der Waals surface area contributed by atoms with Crippen LogP contribution in [0.3, 0.4) is 0 Å². The molecule has 1 N–H and O–H groups in total. The third-order valence-electron chi connectivity index (χ3n) is 2.53. The van der Waals surface area contributed by atoms with Crippen LogP contribution < -0.4 is 4.74 Å². The summed E-state index contributed by atoms with van der Waals surface area (Å²) in [7, 11) is 0. The van der Waals surface area contributed by atoms with Crippen molar-refractivity contribution in [2.45, 2.75) is 13.2 Å². The van der Waals surface area contributed by atoms with Crippen molar-refractivity contribution in [3.05, 3.63) is 62.3 Å². The van der Waals surface area contributed by atoms with Crippen molar-refractivity contribution in [1.29, 1.82) is 0 Å². The van der Waals surface area contributed by atoms with E-state index < -0.39 is 0 Å². The predicted molar refractivity (Wildman–Crippen MR) is 78.5 cm³/mol. The average Bonchev–Trinajstić information content (AvgIpc) is 2.37. The summed E-state index contributed by atoms with van der Waals surface area (Å²) < 4.78 is 20.3. The van der Waals surface area contributed by atoms with Gasteiger partial charge in [-0.3, -0.25) is 0 Å². The molecule has 0 spiro atoms. The number of hydrogen-bond acceptors (Lipinski definition) is 2. The van der Waals surface area contributed by atoms with E-state index in [9.17, 15) is 9.50 Å². The molecule has 2 aromatic carbocycles. The Morgan fingerprint density at radius 3 is 2.63 bits per heavy atom. The van der Waals surface area contributed by atoms with Crippen molar-refractivity contribution >= 4 is 31.9 Å². The Labute approximate surface area is 127 Å². The van der Waals surface area contributed by atoms with Crippen LogP contribution in [0.25, 0.3) is 0 Å². The zero-order valence-electron chi connectivity index (χ0n) is 9.87. The van der Waals surface area contributed by atoms with E-state index in [-0.39, 0.29) is 19.0 Å². The van der Waals surface area contributed by atoms with E-state index in [1.165, 1.54) is 12.1 Å². The molecule has 0 amide bonds. The van der Waals surface area contributed by atoms with E-state index in [1.54, 1.807) is 18.2 Å². The van der Waals surface area contributed by atoms with Crippen molar-refractivity contribution in [2.75, 3.05) is 0 Å². The molecule has 0 atom stereocenters. The van der Waals surface area contributed by atoms with Crippen molar-refractivity contribution in [2.24, 2.45) is 0 Å². The zero-order chi connectivity index (χ0) is 13.8. The second kappa shape index (κ2) is 6.50. The second-order valence-electron chi connectivity index (χ2n) is 3.95. The maximum atomic E-state index is 13.1. The minimum atomic E-state index is -0.293. The van der Waals surface area contributed by atoms with Crippen LogP contribution in [0.5, 0.6) is 5.75 Å². The van der Waals surface area contributed by atoms with E-state index in [4.69, 9.17) is 4.74 Å². The molecule has 19 heavy (non-hydrogen) atoms. The number of halogens is 3. The number of hydrogen-bond donors (Lipinski definition) is 1. The molecule has 0 aliphatic heterocycles. The predicted octanol–water partition coefficient (Wildman–Crippen LogP) is 4.42. The summed E-state index contributed by atoms with van der Waals surface area (Å²) in [6.07, 6.45) is 0. The van der Waals surface area contributed by atoms with Crippen LogP contribution >= 0.6 is 31.9 Å². The van der Waals surface area contributed by atoms with Gasteiger partial charge in [-0.2, -0.15) is 0 Å². The minimum Gasteiger partial charge on any atom is -0.487 e. The molecule has 0 radical (unpaired) electrons. The van der Waals surface area contributed by atoms with Gasteiger partial charge in [-0.25, -0.2) is 4.39 Å². The molecule has 0 fully saturated rings. The third kappa shape index (κ3) is 3.78. The normalized spacial score (nSPS) is 10.5. The molecule has 0 saturated heterocycles. The maximum Gasteiger partial charge on any atom is 0.139 e. The summed E-state index contributed by atoms with van der Waals surface area (Å²) in [6.45, 7) is 0.113. The standard InChI is InChI=1S/C14H11Br2FO2/c15-11-5-10(7-18)14(13(16)6-11)19-8-9-2-1-3-12(17)4-9/h1-6,18H,7-8H2. The van der Waals surface area contributed by atoms with Gasteiger partial charge in [0.2, 0.25) is 0 Å². The van der Waals surface area contributed by atoms with Crippen molar-refractivity contribution in [3.63, 3.8) is 0 Å². The molecule has 0 aliphatic carbocycles. The second-order valence-corrected chi connectivity index (χ2v) is 5.72. The molecular weight excluding hydrogens is 379 g/mol. The SMILES string of the molecule is OCc1cc(Br)cc(Br)c1OCc1cccc(F)c1. The molecule has 5 heteroatoms. The van der Waals surface area contributed by atoms with Crippen LogP contribution in [-0.2, 0) is 13.2 Å². The number of aliphatic hydroxyl groups excluding tert-OH is 1. The highest BCUT2D eigenvalue weighted by atomic mass is 79.9. The van der Waals surface area contributed by atoms with Gasteiger partial charge in [0.1, 0.15) is 18.2 Å². The largest absolute Gasteiger partial charge is 0.487 e. The quantitative estimate of drug-likeness (QED) is 0.838. The number of ether oxygens (including phenoxy) is 1. The number of rotatable bonds is 4. The average molecular weight is 390 g/mol. The topological polar surface area (TPSA) is 29.5 Å². The van der Waals surface area contributed by atoms with Crippen LogP contribution in [-0.4, -0.2) is 5.11 Å². The minimum absolute atomic E-state index is 0.128. The van der Waals surface area contributed by atoms with E-state index in [0.717, 1.165) is 14.5 Å². The Bertz CT molecular complexity index is 588. The van der Waals surface area contributed by atoms with Crippen LogP contribution in [0.4, 0.5) is 4.39 Å². The Kier molecular flexibility index (Phi) is 4.96. The Balaban J connectivity index is 2.19. The summed E-state index contributed by atoms with van der Waals surface area (Å²) in [6, 6.07) is 9.85. The first-order valence-electron chi connectivity index (χ1n) is 5.56. The molecular formula is C14H11Br2FO2. The van der Waals surface area contributed by atoms with Gasteiger partial charge >= 0.3 is 0 Å². The molecule has 0 unspecified atom stereocenters. The lowest BCUT2D eigenvalue weighted by Crippen LogP contribution is -2.00. The summed E-state index contributed by atoms with van der Waals surface area (Å²) in [4.78, 5) is 0. The van der Waals surface area contributed by atoms with Crippen molar-refractivity contribution < 1.29 is 14.2 Å². The Morgan fingerprint density at radius 2 is 1.95 bits per heavy atom. The first-order chi connectivity index (χ1) is 9.10. The molecule has 2 rings (SSSR count). The van der Waals surface area contributed by atoms with Gasteiger partial charge < -0.3 is 9.84 Å². The maximum absolute atomic E-state index is 13.1. The van der Waals surface area contributed by atoms with E-state index in [2.05, 4.69) is 31.9 Å². The van der Waals surface area contributed by atoms with Gasteiger partial charge in [0.15, 0.2) is 0 Å². The smallest absolute Gasteiger partial charge is 0.139 e. The zero-order valence-corrected chi connectivity index (χ0v) is 13.0.